The van der Waals surface area contributed by atoms with Gasteiger partial charge in [0.1, 0.15) is 0 Å². The largest absolute Gasteiger partial charge is 0.306 e. The van der Waals surface area contributed by atoms with Crippen LogP contribution in [0.25, 0.3) is 0 Å². The minimum absolute atomic E-state index is 0.394. The van der Waals surface area contributed by atoms with E-state index in [0.717, 1.165) is 6.42 Å². The van der Waals surface area contributed by atoms with Crippen molar-refractivity contribution >= 4 is 5.78 Å². The lowest BCUT2D eigenvalue weighted by Gasteiger charge is -2.03. The lowest BCUT2D eigenvalue weighted by Crippen LogP contribution is -2.21. The van der Waals surface area contributed by atoms with Gasteiger partial charge in [-0.25, -0.2) is 0 Å². The molecule has 0 spiro atoms. The maximum Gasteiger partial charge on any atom is 0.151 e. The fourth-order valence-corrected chi connectivity index (χ4v) is 1.95. The van der Waals surface area contributed by atoms with Crippen molar-refractivity contribution in [3.05, 3.63) is 0 Å². The van der Waals surface area contributed by atoms with Crippen molar-refractivity contribution in [2.24, 2.45) is 5.92 Å². The number of hydrogen-bond acceptors (Lipinski definition) is 2. The van der Waals surface area contributed by atoms with Crippen LogP contribution in [0.15, 0.2) is 0 Å². The zero-order chi connectivity index (χ0) is 6.27. The summed E-state index contributed by atoms with van der Waals surface area (Å²) in [6, 6.07) is 0.553. The third kappa shape index (κ3) is 0.697. The molecule has 2 nitrogen and oxygen atoms in total. The molecule has 0 radical (unpaired) electrons. The van der Waals surface area contributed by atoms with Crippen molar-refractivity contribution in [1.29, 1.82) is 0 Å². The molecule has 2 heteroatoms. The van der Waals surface area contributed by atoms with E-state index in [1.165, 1.54) is 12.8 Å². The van der Waals surface area contributed by atoms with Crippen LogP contribution in [0, 0.1) is 5.92 Å². The smallest absolute Gasteiger partial charge is 0.151 e. The van der Waals surface area contributed by atoms with Gasteiger partial charge in [-0.05, 0) is 12.8 Å². The first-order valence-corrected chi connectivity index (χ1v) is 3.64. The van der Waals surface area contributed by atoms with E-state index in [1.54, 1.807) is 0 Å². The molecule has 0 aromatic carbocycles. The highest BCUT2D eigenvalue weighted by atomic mass is 16.1. The molecule has 1 saturated carbocycles. The Labute approximate surface area is 54.6 Å². The monoisotopic (exact) mass is 125 g/mol. The van der Waals surface area contributed by atoms with Gasteiger partial charge in [0.25, 0.3) is 0 Å². The van der Waals surface area contributed by atoms with Crippen molar-refractivity contribution < 1.29 is 4.79 Å². The fraction of sp³-hybridized carbons (Fsp3) is 0.857. The number of ketones is 1. The number of carbonyl (C=O) groups excluding carboxylic acids is 1. The zero-order valence-corrected chi connectivity index (χ0v) is 5.39. The van der Waals surface area contributed by atoms with Crippen LogP contribution < -0.4 is 5.32 Å². The molecule has 0 amide bonds. The summed E-state index contributed by atoms with van der Waals surface area (Å²) in [6.07, 6.45) is 3.60. The molecule has 2 aliphatic rings. The van der Waals surface area contributed by atoms with Gasteiger partial charge in [-0.15, -0.1) is 0 Å². The van der Waals surface area contributed by atoms with E-state index in [2.05, 4.69) is 5.32 Å². The summed E-state index contributed by atoms with van der Waals surface area (Å²) in [7, 11) is 0. The average Bonchev–Trinajstić information content (AvgIpc) is 2.35. The van der Waals surface area contributed by atoms with Crippen molar-refractivity contribution in [3.63, 3.8) is 0 Å². The van der Waals surface area contributed by atoms with E-state index >= 15 is 0 Å². The maximum absolute atomic E-state index is 11.0. The van der Waals surface area contributed by atoms with Crippen LogP contribution in [0.3, 0.4) is 0 Å². The van der Waals surface area contributed by atoms with Gasteiger partial charge in [-0.2, -0.15) is 0 Å². The molecular formula is C7H11NO. The van der Waals surface area contributed by atoms with E-state index in [4.69, 9.17) is 0 Å². The number of hydrogen-bond donors (Lipinski definition) is 1. The van der Waals surface area contributed by atoms with Crippen LogP contribution in [-0.4, -0.2) is 18.4 Å². The number of fused-ring (bicyclic) bond motifs is 1. The SMILES string of the molecule is O=C1CNC2CCCC12. The quantitative estimate of drug-likeness (QED) is 0.505. The first kappa shape index (κ1) is 5.42. The standard InChI is InChI=1S/C7H11NO/c9-7-4-8-6-3-1-2-5(6)7/h5-6,8H,1-4H2. The Hall–Kier alpha value is -0.370. The van der Waals surface area contributed by atoms with Gasteiger partial charge in [0, 0.05) is 12.0 Å². The highest BCUT2D eigenvalue weighted by Crippen LogP contribution is 2.29. The number of rotatable bonds is 0. The van der Waals surface area contributed by atoms with Crippen LogP contribution in [0.2, 0.25) is 0 Å². The normalized spacial score (nSPS) is 41.6. The molecule has 9 heavy (non-hydrogen) atoms. The molecule has 1 aliphatic carbocycles. The van der Waals surface area contributed by atoms with Crippen LogP contribution >= 0.6 is 0 Å². The molecule has 2 atom stereocenters. The van der Waals surface area contributed by atoms with Crippen LogP contribution in [0.1, 0.15) is 19.3 Å². The first-order chi connectivity index (χ1) is 4.38. The van der Waals surface area contributed by atoms with Crippen LogP contribution in [0.5, 0.6) is 0 Å². The summed E-state index contributed by atoms with van der Waals surface area (Å²) >= 11 is 0. The minimum Gasteiger partial charge on any atom is -0.306 e. The van der Waals surface area contributed by atoms with Gasteiger partial charge in [-0.1, -0.05) is 6.42 Å². The van der Waals surface area contributed by atoms with E-state index in [-0.39, 0.29) is 0 Å². The Bertz CT molecular complexity index is 144. The molecular weight excluding hydrogens is 114 g/mol. The van der Waals surface area contributed by atoms with Crippen molar-refractivity contribution in [1.82, 2.24) is 5.32 Å². The molecule has 2 unspecified atom stereocenters. The van der Waals surface area contributed by atoms with Crippen molar-refractivity contribution in [3.8, 4) is 0 Å². The van der Waals surface area contributed by atoms with Gasteiger partial charge in [0.2, 0.25) is 0 Å². The second-order valence-electron chi connectivity index (χ2n) is 2.99. The van der Waals surface area contributed by atoms with Gasteiger partial charge in [0.05, 0.1) is 6.54 Å². The van der Waals surface area contributed by atoms with Gasteiger partial charge in [-0.3, -0.25) is 4.79 Å². The van der Waals surface area contributed by atoms with Crippen molar-refractivity contribution in [2.75, 3.05) is 6.54 Å². The molecule has 0 aromatic rings. The predicted molar refractivity (Wildman–Crippen MR) is 34.1 cm³/mol. The van der Waals surface area contributed by atoms with Gasteiger partial charge in [0.15, 0.2) is 5.78 Å². The summed E-state index contributed by atoms with van der Waals surface area (Å²) in [5.74, 6) is 0.836. The van der Waals surface area contributed by atoms with E-state index < -0.39 is 0 Å². The number of nitrogens with one attached hydrogen (secondary N) is 1. The van der Waals surface area contributed by atoms with Crippen LogP contribution in [-0.2, 0) is 4.79 Å². The van der Waals surface area contributed by atoms with E-state index in [1.807, 2.05) is 0 Å². The summed E-state index contributed by atoms with van der Waals surface area (Å²) < 4.78 is 0. The summed E-state index contributed by atoms with van der Waals surface area (Å²) in [5, 5.41) is 3.22. The molecule has 50 valence electrons. The molecule has 1 aliphatic heterocycles. The lowest BCUT2D eigenvalue weighted by atomic mass is 10.0. The topological polar surface area (TPSA) is 29.1 Å². The van der Waals surface area contributed by atoms with E-state index in [0.29, 0.717) is 24.3 Å². The Morgan fingerprint density at radius 3 is 3.11 bits per heavy atom. The molecule has 0 bridgehead atoms. The first-order valence-electron chi connectivity index (χ1n) is 3.64. The predicted octanol–water partition coefficient (Wildman–Crippen LogP) is 0.327. The molecule has 1 N–H and O–H groups in total. The summed E-state index contributed by atoms with van der Waals surface area (Å²) in [6.45, 7) is 0.634. The Morgan fingerprint density at radius 2 is 2.33 bits per heavy atom. The minimum atomic E-state index is 0.394. The second kappa shape index (κ2) is 1.81. The van der Waals surface area contributed by atoms with Gasteiger partial charge >= 0.3 is 0 Å². The Balaban J connectivity index is 2.15. The molecule has 1 heterocycles. The van der Waals surface area contributed by atoms with Crippen LogP contribution in [0.4, 0.5) is 0 Å². The van der Waals surface area contributed by atoms with E-state index in [9.17, 15) is 4.79 Å². The third-order valence-corrected chi connectivity index (χ3v) is 2.47. The van der Waals surface area contributed by atoms with Crippen molar-refractivity contribution in [2.45, 2.75) is 25.3 Å². The Kier molecular flexibility index (Phi) is 1.09. The molecule has 1 saturated heterocycles. The molecule has 2 rings (SSSR count). The lowest BCUT2D eigenvalue weighted by molar-refractivity contribution is -0.119. The summed E-state index contributed by atoms with van der Waals surface area (Å²) in [4.78, 5) is 11.0. The molecule has 0 aromatic heterocycles. The number of carbonyl (C=O) groups is 1. The molecule has 2 fully saturated rings. The fourth-order valence-electron chi connectivity index (χ4n) is 1.95. The highest BCUT2D eigenvalue weighted by molar-refractivity contribution is 5.86. The third-order valence-electron chi connectivity index (χ3n) is 2.47. The highest BCUT2D eigenvalue weighted by Gasteiger charge is 2.37. The Morgan fingerprint density at radius 1 is 1.44 bits per heavy atom. The average molecular weight is 125 g/mol. The number of Topliss-reactive ketones (excluding diaryl/α,β-unsaturated/α-hetero) is 1. The summed E-state index contributed by atoms with van der Waals surface area (Å²) in [5.41, 5.74) is 0. The zero-order valence-electron chi connectivity index (χ0n) is 5.39. The second-order valence-corrected chi connectivity index (χ2v) is 2.99. The van der Waals surface area contributed by atoms with Gasteiger partial charge < -0.3 is 5.32 Å². The maximum atomic E-state index is 11.0.